The fourth-order valence-electron chi connectivity index (χ4n) is 1.99. The van der Waals surface area contributed by atoms with Crippen LogP contribution in [-0.4, -0.2) is 11.6 Å². The Hall–Kier alpha value is -1.09. The predicted molar refractivity (Wildman–Crippen MR) is 85.8 cm³/mol. The van der Waals surface area contributed by atoms with Gasteiger partial charge in [0.05, 0.1) is 6.61 Å². The lowest BCUT2D eigenvalue weighted by atomic mass is 10.1. The van der Waals surface area contributed by atoms with E-state index in [4.69, 9.17) is 22.7 Å². The highest BCUT2D eigenvalue weighted by molar-refractivity contribution is 7.80. The molecule has 0 amide bonds. The van der Waals surface area contributed by atoms with Crippen molar-refractivity contribution in [3.63, 3.8) is 0 Å². The second-order valence-electron chi connectivity index (χ2n) is 4.86. The van der Waals surface area contributed by atoms with E-state index in [-0.39, 0.29) is 0 Å². The van der Waals surface area contributed by atoms with Gasteiger partial charge in [-0.25, -0.2) is 0 Å². The molecule has 0 aliphatic heterocycles. The van der Waals surface area contributed by atoms with Crippen molar-refractivity contribution in [1.82, 2.24) is 0 Å². The van der Waals surface area contributed by atoms with Gasteiger partial charge in [-0.05, 0) is 18.6 Å². The van der Waals surface area contributed by atoms with Crippen molar-refractivity contribution in [2.45, 2.75) is 51.9 Å². The fraction of sp³-hybridized carbons (Fsp3) is 0.562. The van der Waals surface area contributed by atoms with Crippen LogP contribution in [-0.2, 0) is 0 Å². The number of hydrogen-bond donors (Lipinski definition) is 1. The van der Waals surface area contributed by atoms with Crippen LogP contribution in [0.3, 0.4) is 0 Å². The molecule has 0 saturated carbocycles. The van der Waals surface area contributed by atoms with Crippen LogP contribution in [0.1, 0.15) is 57.4 Å². The van der Waals surface area contributed by atoms with Crippen LogP contribution in [0.15, 0.2) is 24.3 Å². The highest BCUT2D eigenvalue weighted by Gasteiger charge is 1.99. The fourth-order valence-corrected chi connectivity index (χ4v) is 2.12. The Morgan fingerprint density at radius 2 is 1.79 bits per heavy atom. The summed E-state index contributed by atoms with van der Waals surface area (Å²) in [6.07, 6.45) is 9.07. The minimum absolute atomic E-state index is 0.418. The van der Waals surface area contributed by atoms with E-state index in [2.05, 4.69) is 6.92 Å². The summed E-state index contributed by atoms with van der Waals surface area (Å²) in [4.78, 5) is 0.418. The van der Waals surface area contributed by atoms with Gasteiger partial charge in [0.1, 0.15) is 10.7 Å². The summed E-state index contributed by atoms with van der Waals surface area (Å²) < 4.78 is 5.71. The zero-order valence-corrected chi connectivity index (χ0v) is 12.7. The first-order chi connectivity index (χ1) is 9.24. The topological polar surface area (TPSA) is 35.2 Å². The zero-order valence-electron chi connectivity index (χ0n) is 11.9. The molecule has 0 fully saturated rings. The van der Waals surface area contributed by atoms with Gasteiger partial charge in [0.15, 0.2) is 0 Å². The Bertz CT molecular complexity index is 379. The third-order valence-corrected chi connectivity index (χ3v) is 3.37. The molecule has 2 N–H and O–H groups in total. The number of unbranched alkanes of at least 4 members (excludes halogenated alkanes) is 6. The summed E-state index contributed by atoms with van der Waals surface area (Å²) in [5, 5.41) is 0. The summed E-state index contributed by atoms with van der Waals surface area (Å²) >= 11 is 4.95. The summed E-state index contributed by atoms with van der Waals surface area (Å²) in [5.41, 5.74) is 6.46. The summed E-state index contributed by atoms with van der Waals surface area (Å²) in [6.45, 7) is 3.02. The average molecular weight is 279 g/mol. The number of rotatable bonds is 10. The zero-order chi connectivity index (χ0) is 13.9. The van der Waals surface area contributed by atoms with Crippen molar-refractivity contribution < 1.29 is 4.74 Å². The molecule has 1 aromatic rings. The number of benzene rings is 1. The molecule has 0 unspecified atom stereocenters. The second-order valence-corrected chi connectivity index (χ2v) is 5.30. The Balaban J connectivity index is 2.12. The lowest BCUT2D eigenvalue weighted by Crippen LogP contribution is -2.09. The number of thiocarbonyl (C=S) groups is 1. The largest absolute Gasteiger partial charge is 0.494 e. The molecular formula is C16H25NOS. The first-order valence-corrected chi connectivity index (χ1v) is 7.67. The molecule has 0 bridgehead atoms. The molecule has 2 nitrogen and oxygen atoms in total. The summed E-state index contributed by atoms with van der Waals surface area (Å²) in [6, 6.07) is 7.68. The standard InChI is InChI=1S/C16H25NOS/c1-2-3-4-5-6-7-8-12-18-15-11-9-10-14(13-15)16(17)19/h9-11,13H,2-8,12H2,1H3,(H2,17,19). The van der Waals surface area contributed by atoms with E-state index in [1.165, 1.54) is 38.5 Å². The Labute approximate surface area is 122 Å². The molecule has 0 aromatic heterocycles. The van der Waals surface area contributed by atoms with E-state index in [1.54, 1.807) is 0 Å². The number of ether oxygens (including phenoxy) is 1. The van der Waals surface area contributed by atoms with E-state index in [9.17, 15) is 0 Å². The molecule has 106 valence electrons. The molecule has 1 rings (SSSR count). The first kappa shape index (κ1) is 16.0. The van der Waals surface area contributed by atoms with Crippen molar-refractivity contribution in [3.05, 3.63) is 29.8 Å². The molecule has 3 heteroatoms. The van der Waals surface area contributed by atoms with Crippen LogP contribution in [0.2, 0.25) is 0 Å². The molecule has 0 radical (unpaired) electrons. The smallest absolute Gasteiger partial charge is 0.119 e. The van der Waals surface area contributed by atoms with E-state index >= 15 is 0 Å². The lowest BCUT2D eigenvalue weighted by Gasteiger charge is -2.07. The molecule has 1 aromatic carbocycles. The molecule has 0 atom stereocenters. The third-order valence-electron chi connectivity index (χ3n) is 3.14. The lowest BCUT2D eigenvalue weighted by molar-refractivity contribution is 0.304. The van der Waals surface area contributed by atoms with Gasteiger partial charge in [-0.1, -0.05) is 69.8 Å². The Kier molecular flexibility index (Phi) is 8.23. The maximum atomic E-state index is 5.71. The van der Waals surface area contributed by atoms with Gasteiger partial charge in [0, 0.05) is 5.56 Å². The van der Waals surface area contributed by atoms with Crippen LogP contribution in [0.5, 0.6) is 5.75 Å². The van der Waals surface area contributed by atoms with Crippen LogP contribution >= 0.6 is 12.2 Å². The monoisotopic (exact) mass is 279 g/mol. The highest BCUT2D eigenvalue weighted by atomic mass is 32.1. The average Bonchev–Trinajstić information content (AvgIpc) is 2.42. The molecule has 0 aliphatic rings. The van der Waals surface area contributed by atoms with Crippen molar-refractivity contribution >= 4 is 17.2 Å². The minimum atomic E-state index is 0.418. The quantitative estimate of drug-likeness (QED) is 0.507. The van der Waals surface area contributed by atoms with Gasteiger partial charge in [0.25, 0.3) is 0 Å². The maximum absolute atomic E-state index is 5.71. The molecule has 19 heavy (non-hydrogen) atoms. The van der Waals surface area contributed by atoms with Gasteiger partial charge in [-0.2, -0.15) is 0 Å². The third kappa shape index (κ3) is 7.16. The normalized spacial score (nSPS) is 10.4. The van der Waals surface area contributed by atoms with Crippen LogP contribution in [0, 0.1) is 0 Å². The van der Waals surface area contributed by atoms with Crippen LogP contribution in [0.4, 0.5) is 0 Å². The van der Waals surface area contributed by atoms with Crippen LogP contribution < -0.4 is 10.5 Å². The van der Waals surface area contributed by atoms with Gasteiger partial charge in [-0.15, -0.1) is 0 Å². The summed E-state index contributed by atoms with van der Waals surface area (Å²) in [5.74, 6) is 0.858. The van der Waals surface area contributed by atoms with Gasteiger partial charge in [0.2, 0.25) is 0 Å². The van der Waals surface area contributed by atoms with Crippen molar-refractivity contribution in [2.75, 3.05) is 6.61 Å². The minimum Gasteiger partial charge on any atom is -0.494 e. The van der Waals surface area contributed by atoms with Crippen molar-refractivity contribution in [2.24, 2.45) is 5.73 Å². The van der Waals surface area contributed by atoms with Gasteiger partial charge in [-0.3, -0.25) is 0 Å². The Morgan fingerprint density at radius 3 is 2.47 bits per heavy atom. The second kappa shape index (κ2) is 9.79. The SMILES string of the molecule is CCCCCCCCCOc1cccc(C(N)=S)c1. The predicted octanol–water partition coefficient (Wildman–Crippen LogP) is 4.45. The first-order valence-electron chi connectivity index (χ1n) is 7.26. The van der Waals surface area contributed by atoms with Crippen molar-refractivity contribution in [1.29, 1.82) is 0 Å². The molecule has 0 heterocycles. The molecule has 0 aliphatic carbocycles. The van der Waals surface area contributed by atoms with E-state index in [1.807, 2.05) is 24.3 Å². The van der Waals surface area contributed by atoms with Gasteiger partial charge < -0.3 is 10.5 Å². The molecular weight excluding hydrogens is 254 g/mol. The number of hydrogen-bond acceptors (Lipinski definition) is 2. The van der Waals surface area contributed by atoms with Crippen molar-refractivity contribution in [3.8, 4) is 5.75 Å². The van der Waals surface area contributed by atoms with Gasteiger partial charge >= 0.3 is 0 Å². The maximum Gasteiger partial charge on any atom is 0.119 e. The summed E-state index contributed by atoms with van der Waals surface area (Å²) in [7, 11) is 0. The molecule has 0 spiro atoms. The molecule has 0 saturated heterocycles. The van der Waals surface area contributed by atoms with E-state index in [0.29, 0.717) is 4.99 Å². The van der Waals surface area contributed by atoms with Crippen LogP contribution in [0.25, 0.3) is 0 Å². The number of nitrogens with two attached hydrogens (primary N) is 1. The van der Waals surface area contributed by atoms with E-state index in [0.717, 1.165) is 24.3 Å². The Morgan fingerprint density at radius 1 is 1.11 bits per heavy atom. The van der Waals surface area contributed by atoms with E-state index < -0.39 is 0 Å². The highest BCUT2D eigenvalue weighted by Crippen LogP contribution is 2.14.